The maximum absolute atomic E-state index is 11.9. The van der Waals surface area contributed by atoms with Crippen LogP contribution >= 0.6 is 0 Å². The lowest BCUT2D eigenvalue weighted by Crippen LogP contribution is -2.49. The van der Waals surface area contributed by atoms with Crippen LogP contribution in [-0.4, -0.2) is 43.9 Å². The summed E-state index contributed by atoms with van der Waals surface area (Å²) in [5, 5.41) is 4.86. The maximum atomic E-state index is 11.9. The van der Waals surface area contributed by atoms with E-state index in [4.69, 9.17) is 4.74 Å². The summed E-state index contributed by atoms with van der Waals surface area (Å²) in [7, 11) is 0. The third-order valence-electron chi connectivity index (χ3n) is 3.04. The molecule has 18 heavy (non-hydrogen) atoms. The van der Waals surface area contributed by atoms with Gasteiger partial charge in [-0.1, -0.05) is 0 Å². The lowest BCUT2D eigenvalue weighted by molar-refractivity contribution is -0.139. The van der Waals surface area contributed by atoms with Crippen LogP contribution in [-0.2, 0) is 9.53 Å². The van der Waals surface area contributed by atoms with Crippen LogP contribution in [0.15, 0.2) is 0 Å². The van der Waals surface area contributed by atoms with E-state index in [2.05, 4.69) is 5.32 Å². The standard InChI is InChI=1S/C11H19F3N2O2/c1-7(9-3-4-18-5-9)16-8(2)10(17)15-6-11(12,13)14/h7-9,16H,3-6H2,1-2H3,(H,15,17). The molecule has 4 nitrogen and oxygen atoms in total. The van der Waals surface area contributed by atoms with Crippen molar-refractivity contribution in [2.24, 2.45) is 5.92 Å². The highest BCUT2D eigenvalue weighted by Gasteiger charge is 2.30. The third-order valence-corrected chi connectivity index (χ3v) is 3.04. The van der Waals surface area contributed by atoms with Crippen LogP contribution in [0.2, 0.25) is 0 Å². The molecule has 1 heterocycles. The molecule has 1 amide bonds. The molecule has 0 bridgehead atoms. The van der Waals surface area contributed by atoms with E-state index in [-0.39, 0.29) is 6.04 Å². The van der Waals surface area contributed by atoms with E-state index in [1.54, 1.807) is 6.92 Å². The largest absolute Gasteiger partial charge is 0.405 e. The van der Waals surface area contributed by atoms with Crippen LogP contribution < -0.4 is 10.6 Å². The van der Waals surface area contributed by atoms with Crippen LogP contribution in [0.25, 0.3) is 0 Å². The van der Waals surface area contributed by atoms with Gasteiger partial charge in [0.15, 0.2) is 0 Å². The van der Waals surface area contributed by atoms with Gasteiger partial charge in [0, 0.05) is 12.6 Å². The second kappa shape index (κ2) is 6.38. The SMILES string of the molecule is CC(NC(C)C1CCOC1)C(=O)NCC(F)(F)F. The van der Waals surface area contributed by atoms with Crippen molar-refractivity contribution in [3.05, 3.63) is 0 Å². The number of rotatable bonds is 5. The number of hydrogen-bond donors (Lipinski definition) is 2. The van der Waals surface area contributed by atoms with Gasteiger partial charge in [-0.15, -0.1) is 0 Å². The van der Waals surface area contributed by atoms with Gasteiger partial charge in [0.25, 0.3) is 0 Å². The van der Waals surface area contributed by atoms with Gasteiger partial charge in [-0.2, -0.15) is 13.2 Å². The number of halogens is 3. The molecule has 1 aliphatic heterocycles. The third kappa shape index (κ3) is 5.22. The topological polar surface area (TPSA) is 50.4 Å². The molecule has 7 heteroatoms. The Labute approximate surface area is 104 Å². The van der Waals surface area contributed by atoms with Crippen LogP contribution in [0.1, 0.15) is 20.3 Å². The van der Waals surface area contributed by atoms with E-state index in [0.29, 0.717) is 19.1 Å². The summed E-state index contributed by atoms with van der Waals surface area (Å²) in [5.41, 5.74) is 0. The average molecular weight is 268 g/mol. The fraction of sp³-hybridized carbons (Fsp3) is 0.909. The zero-order valence-electron chi connectivity index (χ0n) is 10.5. The summed E-state index contributed by atoms with van der Waals surface area (Å²) in [6, 6.07) is -0.609. The van der Waals surface area contributed by atoms with Crippen LogP contribution in [0.3, 0.4) is 0 Å². The molecule has 0 radical (unpaired) electrons. The minimum absolute atomic E-state index is 0.0409. The fourth-order valence-corrected chi connectivity index (χ4v) is 1.89. The van der Waals surface area contributed by atoms with E-state index in [0.717, 1.165) is 6.42 Å². The van der Waals surface area contributed by atoms with Gasteiger partial charge < -0.3 is 15.4 Å². The van der Waals surface area contributed by atoms with Crippen molar-refractivity contribution < 1.29 is 22.7 Å². The lowest BCUT2D eigenvalue weighted by Gasteiger charge is -2.23. The van der Waals surface area contributed by atoms with Gasteiger partial charge >= 0.3 is 6.18 Å². The molecule has 0 aromatic carbocycles. The normalized spacial score (nSPS) is 23.7. The van der Waals surface area contributed by atoms with E-state index in [1.807, 2.05) is 12.2 Å². The summed E-state index contributed by atoms with van der Waals surface area (Å²) >= 11 is 0. The Morgan fingerprint density at radius 1 is 1.44 bits per heavy atom. The summed E-state index contributed by atoms with van der Waals surface area (Å²) in [6.45, 7) is 3.50. The van der Waals surface area contributed by atoms with E-state index < -0.39 is 24.7 Å². The van der Waals surface area contributed by atoms with Gasteiger partial charge in [0.2, 0.25) is 5.91 Å². The summed E-state index contributed by atoms with van der Waals surface area (Å²) in [6.07, 6.45) is -3.47. The number of amides is 1. The molecule has 3 unspecified atom stereocenters. The molecule has 3 atom stereocenters. The van der Waals surface area contributed by atoms with Crippen LogP contribution in [0.5, 0.6) is 0 Å². The minimum atomic E-state index is -4.37. The molecule has 0 aliphatic carbocycles. The number of ether oxygens (including phenoxy) is 1. The van der Waals surface area contributed by atoms with Crippen LogP contribution in [0.4, 0.5) is 13.2 Å². The average Bonchev–Trinajstić information content (AvgIpc) is 2.77. The Morgan fingerprint density at radius 2 is 2.11 bits per heavy atom. The summed E-state index contributed by atoms with van der Waals surface area (Å²) in [5.74, 6) is -0.332. The molecule has 106 valence electrons. The number of hydrogen-bond acceptors (Lipinski definition) is 3. The van der Waals surface area contributed by atoms with Gasteiger partial charge in [-0.3, -0.25) is 4.79 Å². The Morgan fingerprint density at radius 3 is 2.61 bits per heavy atom. The number of carbonyl (C=O) groups is 1. The van der Waals surface area contributed by atoms with Crippen molar-refractivity contribution in [1.82, 2.24) is 10.6 Å². The van der Waals surface area contributed by atoms with E-state index in [9.17, 15) is 18.0 Å². The molecular formula is C11H19F3N2O2. The quantitative estimate of drug-likeness (QED) is 0.784. The predicted molar refractivity (Wildman–Crippen MR) is 60.1 cm³/mol. The smallest absolute Gasteiger partial charge is 0.381 e. The molecule has 2 N–H and O–H groups in total. The zero-order chi connectivity index (χ0) is 13.8. The molecular weight excluding hydrogens is 249 g/mol. The number of carbonyl (C=O) groups excluding carboxylic acids is 1. The molecule has 0 spiro atoms. The highest BCUT2D eigenvalue weighted by molar-refractivity contribution is 5.81. The number of alkyl halides is 3. The second-order valence-corrected chi connectivity index (χ2v) is 4.63. The monoisotopic (exact) mass is 268 g/mol. The van der Waals surface area contributed by atoms with Crippen molar-refractivity contribution >= 4 is 5.91 Å². The van der Waals surface area contributed by atoms with Crippen molar-refractivity contribution in [3.8, 4) is 0 Å². The van der Waals surface area contributed by atoms with Crippen molar-refractivity contribution in [3.63, 3.8) is 0 Å². The fourth-order valence-electron chi connectivity index (χ4n) is 1.89. The second-order valence-electron chi connectivity index (χ2n) is 4.63. The first-order valence-corrected chi connectivity index (χ1v) is 5.98. The van der Waals surface area contributed by atoms with Crippen molar-refractivity contribution in [2.75, 3.05) is 19.8 Å². The molecule has 0 aromatic heterocycles. The summed E-state index contributed by atoms with van der Waals surface area (Å²) in [4.78, 5) is 11.4. The first-order chi connectivity index (χ1) is 8.29. The van der Waals surface area contributed by atoms with Crippen molar-refractivity contribution in [1.29, 1.82) is 0 Å². The van der Waals surface area contributed by atoms with Gasteiger partial charge in [0.1, 0.15) is 6.54 Å². The summed E-state index contributed by atoms with van der Waals surface area (Å²) < 4.78 is 41.0. The molecule has 1 fully saturated rings. The van der Waals surface area contributed by atoms with E-state index in [1.165, 1.54) is 0 Å². The number of nitrogens with one attached hydrogen (secondary N) is 2. The van der Waals surface area contributed by atoms with Gasteiger partial charge in [-0.25, -0.2) is 0 Å². The molecule has 0 saturated carbocycles. The van der Waals surface area contributed by atoms with Crippen molar-refractivity contribution in [2.45, 2.75) is 38.5 Å². The molecule has 1 saturated heterocycles. The zero-order valence-corrected chi connectivity index (χ0v) is 10.5. The highest BCUT2D eigenvalue weighted by atomic mass is 19.4. The Kier molecular flexibility index (Phi) is 5.40. The van der Waals surface area contributed by atoms with E-state index >= 15 is 0 Å². The lowest BCUT2D eigenvalue weighted by atomic mass is 10.00. The molecule has 1 rings (SSSR count). The van der Waals surface area contributed by atoms with Crippen LogP contribution in [0, 0.1) is 5.92 Å². The maximum Gasteiger partial charge on any atom is 0.405 e. The van der Waals surface area contributed by atoms with Gasteiger partial charge in [0.05, 0.1) is 12.6 Å². The minimum Gasteiger partial charge on any atom is -0.381 e. The Balaban J connectivity index is 2.30. The van der Waals surface area contributed by atoms with Gasteiger partial charge in [-0.05, 0) is 26.2 Å². The Hall–Kier alpha value is -0.820. The highest BCUT2D eigenvalue weighted by Crippen LogP contribution is 2.17. The first-order valence-electron chi connectivity index (χ1n) is 5.98. The molecule has 0 aromatic rings. The first kappa shape index (κ1) is 15.2. The predicted octanol–water partition coefficient (Wildman–Crippen LogP) is 1.07. The molecule has 1 aliphatic rings. The Bertz CT molecular complexity index is 278.